The highest BCUT2D eigenvalue weighted by atomic mass is 16.2. The first-order valence-electron chi connectivity index (χ1n) is 12.1. The monoisotopic (exact) mass is 449 g/mol. The zero-order chi connectivity index (χ0) is 23.1. The zero-order valence-electron chi connectivity index (χ0n) is 19.1. The molecule has 0 radical (unpaired) electrons. The van der Waals surface area contributed by atoms with Crippen molar-refractivity contribution >= 4 is 34.4 Å². The van der Waals surface area contributed by atoms with Crippen LogP contribution in [-0.2, 0) is 16.0 Å². The molecule has 34 heavy (non-hydrogen) atoms. The average molecular weight is 450 g/mol. The van der Waals surface area contributed by atoms with Crippen LogP contribution in [0.2, 0.25) is 0 Å². The summed E-state index contributed by atoms with van der Waals surface area (Å²) in [6.07, 6.45) is 4.32. The van der Waals surface area contributed by atoms with E-state index < -0.39 is 0 Å². The molecule has 3 aromatic carbocycles. The molecule has 0 unspecified atom stereocenters. The lowest BCUT2D eigenvalue weighted by Gasteiger charge is -2.32. The molecule has 1 saturated heterocycles. The van der Waals surface area contributed by atoms with E-state index in [1.165, 1.54) is 23.3 Å². The maximum absolute atomic E-state index is 13.9. The molecule has 3 aliphatic rings. The van der Waals surface area contributed by atoms with E-state index in [4.69, 9.17) is 0 Å². The van der Waals surface area contributed by atoms with Gasteiger partial charge in [0.25, 0.3) is 11.8 Å². The van der Waals surface area contributed by atoms with Crippen molar-refractivity contribution in [1.82, 2.24) is 0 Å². The van der Waals surface area contributed by atoms with Crippen LogP contribution in [0.25, 0.3) is 5.57 Å². The summed E-state index contributed by atoms with van der Waals surface area (Å²) < 4.78 is 0. The summed E-state index contributed by atoms with van der Waals surface area (Å²) in [6.45, 7) is 2.82. The van der Waals surface area contributed by atoms with Crippen molar-refractivity contribution in [3.05, 3.63) is 95.7 Å². The van der Waals surface area contributed by atoms with E-state index in [0.29, 0.717) is 23.5 Å². The second kappa shape index (κ2) is 8.49. The van der Waals surface area contributed by atoms with Gasteiger partial charge >= 0.3 is 0 Å². The average Bonchev–Trinajstić information content (AvgIpc) is 3.51. The highest BCUT2D eigenvalue weighted by Gasteiger charge is 2.43. The van der Waals surface area contributed by atoms with Gasteiger partial charge in [0.15, 0.2) is 0 Å². The molecule has 170 valence electrons. The summed E-state index contributed by atoms with van der Waals surface area (Å²) in [5, 5.41) is 0. The molecule has 6 rings (SSSR count). The molecule has 3 aliphatic heterocycles. The summed E-state index contributed by atoms with van der Waals surface area (Å²) >= 11 is 0. The fraction of sp³-hybridized carbons (Fsp3) is 0.241. The van der Waals surface area contributed by atoms with E-state index in [0.717, 1.165) is 42.9 Å². The highest BCUT2D eigenvalue weighted by Crippen LogP contribution is 2.39. The fourth-order valence-corrected chi connectivity index (χ4v) is 5.42. The molecule has 3 aromatic rings. The lowest BCUT2D eigenvalue weighted by molar-refractivity contribution is -0.120. The number of carbonyl (C=O) groups is 2. The number of fused-ring (bicyclic) bond motifs is 1. The van der Waals surface area contributed by atoms with Crippen LogP contribution in [0.4, 0.5) is 17.1 Å². The Bertz CT molecular complexity index is 1270. The Morgan fingerprint density at radius 1 is 0.618 bits per heavy atom. The number of imide groups is 1. The van der Waals surface area contributed by atoms with E-state index in [1.807, 2.05) is 66.7 Å². The van der Waals surface area contributed by atoms with E-state index in [-0.39, 0.29) is 11.8 Å². The topological polar surface area (TPSA) is 43.9 Å². The number of amides is 2. The van der Waals surface area contributed by atoms with Crippen LogP contribution in [0.5, 0.6) is 0 Å². The second-order valence-corrected chi connectivity index (χ2v) is 9.13. The molecule has 5 heteroatoms. The Morgan fingerprint density at radius 2 is 1.29 bits per heavy atom. The smallest absolute Gasteiger partial charge is 0.282 e. The molecule has 2 amide bonds. The molecule has 0 saturated carbocycles. The minimum absolute atomic E-state index is 0.255. The Morgan fingerprint density at radius 3 is 2.06 bits per heavy atom. The van der Waals surface area contributed by atoms with Gasteiger partial charge in [0, 0.05) is 31.0 Å². The van der Waals surface area contributed by atoms with E-state index in [2.05, 4.69) is 21.9 Å². The Balaban J connectivity index is 1.43. The molecule has 0 N–H and O–H groups in total. The fourth-order valence-electron chi connectivity index (χ4n) is 5.42. The Hall–Kier alpha value is -3.86. The van der Waals surface area contributed by atoms with Gasteiger partial charge in [-0.2, -0.15) is 0 Å². The third-order valence-corrected chi connectivity index (χ3v) is 7.08. The van der Waals surface area contributed by atoms with Crippen molar-refractivity contribution in [2.24, 2.45) is 0 Å². The summed E-state index contributed by atoms with van der Waals surface area (Å²) in [5.74, 6) is -0.516. The van der Waals surface area contributed by atoms with Crippen LogP contribution >= 0.6 is 0 Å². The largest absolute Gasteiger partial charge is 0.372 e. The number of aryl methyl sites for hydroxylation is 1. The summed E-state index contributed by atoms with van der Waals surface area (Å²) in [4.78, 5) is 33.5. The zero-order valence-corrected chi connectivity index (χ0v) is 19.1. The Kier molecular flexibility index (Phi) is 5.17. The van der Waals surface area contributed by atoms with Crippen LogP contribution in [0.1, 0.15) is 30.4 Å². The van der Waals surface area contributed by atoms with Gasteiger partial charge in [-0.1, -0.05) is 48.5 Å². The molecular formula is C29H27N3O2. The summed E-state index contributed by atoms with van der Waals surface area (Å²) in [5.41, 5.74) is 5.72. The number of carbonyl (C=O) groups excluding carboxylic acids is 2. The van der Waals surface area contributed by atoms with Crippen molar-refractivity contribution in [3.63, 3.8) is 0 Å². The van der Waals surface area contributed by atoms with Crippen LogP contribution in [0.3, 0.4) is 0 Å². The Labute approximate surface area is 199 Å². The normalized spacial score (nSPS) is 18.2. The van der Waals surface area contributed by atoms with Gasteiger partial charge in [-0.3, -0.25) is 9.59 Å². The number of hydrogen-bond donors (Lipinski definition) is 0. The first-order chi connectivity index (χ1) is 16.7. The predicted octanol–water partition coefficient (Wildman–Crippen LogP) is 5.02. The molecule has 0 aliphatic carbocycles. The quantitative estimate of drug-likeness (QED) is 0.525. The van der Waals surface area contributed by atoms with Crippen molar-refractivity contribution in [2.45, 2.75) is 25.7 Å². The maximum Gasteiger partial charge on any atom is 0.282 e. The SMILES string of the molecule is O=C1C(c2ccccc2)=C(N2CCCc3ccccc32)C(=O)N1c1ccc(N2CCCC2)cc1. The first-order valence-corrected chi connectivity index (χ1v) is 12.1. The van der Waals surface area contributed by atoms with Gasteiger partial charge in [-0.25, -0.2) is 4.90 Å². The van der Waals surface area contributed by atoms with Gasteiger partial charge in [-0.05, 0) is 67.1 Å². The van der Waals surface area contributed by atoms with E-state index >= 15 is 0 Å². The third-order valence-electron chi connectivity index (χ3n) is 7.08. The van der Waals surface area contributed by atoms with Crippen LogP contribution in [0, 0.1) is 0 Å². The van der Waals surface area contributed by atoms with Crippen molar-refractivity contribution in [3.8, 4) is 0 Å². The van der Waals surface area contributed by atoms with Crippen LogP contribution in [-0.4, -0.2) is 31.4 Å². The van der Waals surface area contributed by atoms with Gasteiger partial charge in [0.1, 0.15) is 5.70 Å². The maximum atomic E-state index is 13.9. The van der Waals surface area contributed by atoms with E-state index in [9.17, 15) is 9.59 Å². The summed E-state index contributed by atoms with van der Waals surface area (Å²) in [6, 6.07) is 25.6. The molecule has 0 spiro atoms. The number of anilines is 3. The lowest BCUT2D eigenvalue weighted by atomic mass is 9.98. The van der Waals surface area contributed by atoms with Gasteiger partial charge < -0.3 is 9.80 Å². The molecule has 0 aromatic heterocycles. The van der Waals surface area contributed by atoms with E-state index in [1.54, 1.807) is 0 Å². The molecule has 0 atom stereocenters. The minimum Gasteiger partial charge on any atom is -0.372 e. The first kappa shape index (κ1) is 20.7. The second-order valence-electron chi connectivity index (χ2n) is 9.13. The summed E-state index contributed by atoms with van der Waals surface area (Å²) in [7, 11) is 0. The molecule has 5 nitrogen and oxygen atoms in total. The number of hydrogen-bond acceptors (Lipinski definition) is 4. The van der Waals surface area contributed by atoms with Crippen LogP contribution in [0.15, 0.2) is 84.6 Å². The van der Waals surface area contributed by atoms with Gasteiger partial charge in [0.2, 0.25) is 0 Å². The third kappa shape index (κ3) is 3.39. The standard InChI is InChI=1S/C29H27N3O2/c33-28-26(22-10-2-1-3-11-22)27(31-20-8-12-21-9-4-5-13-25(21)31)29(34)32(28)24-16-14-23(15-17-24)30-18-6-7-19-30/h1-5,9-11,13-17H,6-8,12,18-20H2. The lowest BCUT2D eigenvalue weighted by Crippen LogP contribution is -2.37. The van der Waals surface area contributed by atoms with Crippen molar-refractivity contribution in [2.75, 3.05) is 34.3 Å². The highest BCUT2D eigenvalue weighted by molar-refractivity contribution is 6.46. The molecule has 1 fully saturated rings. The number of benzene rings is 3. The van der Waals surface area contributed by atoms with Gasteiger partial charge in [-0.15, -0.1) is 0 Å². The molecule has 0 bridgehead atoms. The molecule has 3 heterocycles. The minimum atomic E-state index is -0.261. The van der Waals surface area contributed by atoms with Gasteiger partial charge in [0.05, 0.1) is 11.3 Å². The number of rotatable bonds is 4. The van der Waals surface area contributed by atoms with Crippen molar-refractivity contribution < 1.29 is 9.59 Å². The molecular weight excluding hydrogens is 422 g/mol. The number of nitrogens with zero attached hydrogens (tertiary/aromatic N) is 3. The van der Waals surface area contributed by atoms with Crippen LogP contribution < -0.4 is 14.7 Å². The predicted molar refractivity (Wildman–Crippen MR) is 136 cm³/mol. The number of para-hydroxylation sites is 1. The van der Waals surface area contributed by atoms with Crippen molar-refractivity contribution in [1.29, 1.82) is 0 Å².